The summed E-state index contributed by atoms with van der Waals surface area (Å²) in [6.07, 6.45) is 0.283. The standard InChI is InChI=1S/C21H19N5O2S/c22-14-7-15-26(17-10-5-2-6-11-17)19(28)13-12-18(27)23-21-25-24-20(29-21)16-8-3-1-4-9-16/h1-6,8-11H,7,12-13,15H2,(H,23,25,27). The van der Waals surface area contributed by atoms with Gasteiger partial charge in [0.25, 0.3) is 0 Å². The molecule has 0 bridgehead atoms. The lowest BCUT2D eigenvalue weighted by Crippen LogP contribution is -2.32. The third kappa shape index (κ3) is 5.70. The summed E-state index contributed by atoms with van der Waals surface area (Å²) in [4.78, 5) is 26.4. The molecule has 7 nitrogen and oxygen atoms in total. The summed E-state index contributed by atoms with van der Waals surface area (Å²) >= 11 is 1.28. The summed E-state index contributed by atoms with van der Waals surface area (Å²) in [5, 5.41) is 20.7. The average molecular weight is 405 g/mol. The number of nitrogens with one attached hydrogen (secondary N) is 1. The third-order valence-corrected chi connectivity index (χ3v) is 4.96. The van der Waals surface area contributed by atoms with Gasteiger partial charge in [0, 0.05) is 30.6 Å². The van der Waals surface area contributed by atoms with Gasteiger partial charge >= 0.3 is 0 Å². The predicted octanol–water partition coefficient (Wildman–Crippen LogP) is 3.87. The van der Waals surface area contributed by atoms with Gasteiger partial charge in [-0.3, -0.25) is 9.59 Å². The van der Waals surface area contributed by atoms with Crippen molar-refractivity contribution in [2.75, 3.05) is 16.8 Å². The Hall–Kier alpha value is -3.57. The van der Waals surface area contributed by atoms with E-state index in [1.54, 1.807) is 0 Å². The number of amides is 2. The number of para-hydroxylation sites is 1. The molecule has 0 spiro atoms. The predicted molar refractivity (Wildman–Crippen MR) is 112 cm³/mol. The highest BCUT2D eigenvalue weighted by atomic mass is 32.1. The van der Waals surface area contributed by atoms with Crippen LogP contribution in [-0.2, 0) is 9.59 Å². The molecule has 0 atom stereocenters. The van der Waals surface area contributed by atoms with E-state index in [0.29, 0.717) is 15.8 Å². The first-order chi connectivity index (χ1) is 14.2. The zero-order chi connectivity index (χ0) is 20.5. The van der Waals surface area contributed by atoms with Gasteiger partial charge in [0.1, 0.15) is 5.01 Å². The van der Waals surface area contributed by atoms with Gasteiger partial charge in [0.05, 0.1) is 12.5 Å². The van der Waals surface area contributed by atoms with Gasteiger partial charge in [0.15, 0.2) is 0 Å². The Balaban J connectivity index is 1.56. The van der Waals surface area contributed by atoms with Crippen LogP contribution in [0.4, 0.5) is 10.8 Å². The van der Waals surface area contributed by atoms with E-state index in [1.165, 1.54) is 16.2 Å². The number of rotatable bonds is 8. The van der Waals surface area contributed by atoms with Crippen molar-refractivity contribution in [2.45, 2.75) is 19.3 Å². The van der Waals surface area contributed by atoms with Gasteiger partial charge in [-0.05, 0) is 12.1 Å². The van der Waals surface area contributed by atoms with Crippen molar-refractivity contribution in [3.63, 3.8) is 0 Å². The lowest BCUT2D eigenvalue weighted by molar-refractivity contribution is -0.122. The lowest BCUT2D eigenvalue weighted by Gasteiger charge is -2.21. The van der Waals surface area contributed by atoms with Gasteiger partial charge < -0.3 is 10.2 Å². The third-order valence-electron chi connectivity index (χ3n) is 4.07. The molecule has 1 N–H and O–H groups in total. The number of anilines is 2. The molecule has 1 heterocycles. The van der Waals surface area contributed by atoms with Gasteiger partial charge in [0.2, 0.25) is 16.9 Å². The lowest BCUT2D eigenvalue weighted by atomic mass is 10.2. The first-order valence-corrected chi connectivity index (χ1v) is 9.90. The van der Waals surface area contributed by atoms with E-state index >= 15 is 0 Å². The molecule has 3 aromatic rings. The zero-order valence-corrected chi connectivity index (χ0v) is 16.4. The van der Waals surface area contributed by atoms with Crippen LogP contribution < -0.4 is 10.2 Å². The molecule has 0 radical (unpaired) electrons. The normalized spacial score (nSPS) is 10.2. The summed E-state index contributed by atoms with van der Waals surface area (Å²) < 4.78 is 0. The molecule has 0 aliphatic rings. The number of benzene rings is 2. The molecule has 1 aromatic heterocycles. The van der Waals surface area contributed by atoms with Crippen LogP contribution in [-0.4, -0.2) is 28.6 Å². The molecule has 0 aliphatic carbocycles. The average Bonchev–Trinajstić information content (AvgIpc) is 3.22. The van der Waals surface area contributed by atoms with Crippen LogP contribution in [0, 0.1) is 11.3 Å². The summed E-state index contributed by atoms with van der Waals surface area (Å²) in [5.41, 5.74) is 1.64. The second kappa shape index (κ2) is 10.1. The summed E-state index contributed by atoms with van der Waals surface area (Å²) in [6, 6.07) is 20.8. The maximum absolute atomic E-state index is 12.6. The van der Waals surface area contributed by atoms with Crippen LogP contribution in [0.2, 0.25) is 0 Å². The van der Waals surface area contributed by atoms with Gasteiger partial charge in [-0.2, -0.15) is 5.26 Å². The van der Waals surface area contributed by atoms with Crippen molar-refractivity contribution in [1.29, 1.82) is 5.26 Å². The number of nitrogens with zero attached hydrogens (tertiary/aromatic N) is 4. The Labute approximate surface area is 172 Å². The van der Waals surface area contributed by atoms with Crippen molar-refractivity contribution < 1.29 is 9.59 Å². The highest BCUT2D eigenvalue weighted by molar-refractivity contribution is 7.18. The monoisotopic (exact) mass is 405 g/mol. The molecule has 2 aromatic carbocycles. The fourth-order valence-corrected chi connectivity index (χ4v) is 3.44. The van der Waals surface area contributed by atoms with E-state index in [9.17, 15) is 9.59 Å². The number of carbonyl (C=O) groups excluding carboxylic acids is 2. The fraction of sp³-hybridized carbons (Fsp3) is 0.190. The minimum atomic E-state index is -0.303. The summed E-state index contributed by atoms with van der Waals surface area (Å²) in [7, 11) is 0. The smallest absolute Gasteiger partial charge is 0.227 e. The zero-order valence-electron chi connectivity index (χ0n) is 15.6. The first-order valence-electron chi connectivity index (χ1n) is 9.08. The molecule has 0 saturated carbocycles. The Bertz CT molecular complexity index is 999. The SMILES string of the molecule is N#CCCN(C(=O)CCC(=O)Nc1nnc(-c2ccccc2)s1)c1ccccc1. The molecule has 3 rings (SSSR count). The van der Waals surface area contributed by atoms with E-state index in [0.717, 1.165) is 5.56 Å². The molecule has 0 aliphatic heterocycles. The molecule has 0 unspecified atom stereocenters. The molecule has 2 amide bonds. The van der Waals surface area contributed by atoms with Crippen molar-refractivity contribution >= 4 is 34.0 Å². The maximum atomic E-state index is 12.6. The van der Waals surface area contributed by atoms with E-state index in [1.807, 2.05) is 66.7 Å². The van der Waals surface area contributed by atoms with Gasteiger partial charge in [-0.1, -0.05) is 59.9 Å². The largest absolute Gasteiger partial charge is 0.311 e. The molecular formula is C21H19N5O2S. The molecule has 0 fully saturated rings. The fourth-order valence-electron chi connectivity index (χ4n) is 2.68. The molecule has 0 saturated heterocycles. The molecule has 29 heavy (non-hydrogen) atoms. The Kier molecular flexibility index (Phi) is 7.03. The topological polar surface area (TPSA) is 99.0 Å². The van der Waals surface area contributed by atoms with Crippen molar-refractivity contribution in [1.82, 2.24) is 10.2 Å². The maximum Gasteiger partial charge on any atom is 0.227 e. The number of carbonyl (C=O) groups is 2. The van der Waals surface area contributed by atoms with Crippen LogP contribution in [0.1, 0.15) is 19.3 Å². The minimum Gasteiger partial charge on any atom is -0.311 e. The van der Waals surface area contributed by atoms with E-state index in [2.05, 4.69) is 15.5 Å². The molecule has 8 heteroatoms. The summed E-state index contributed by atoms with van der Waals surface area (Å²) in [5.74, 6) is -0.508. The number of nitriles is 1. The van der Waals surface area contributed by atoms with E-state index < -0.39 is 0 Å². The van der Waals surface area contributed by atoms with Crippen molar-refractivity contribution in [3.8, 4) is 16.6 Å². The Morgan fingerprint density at radius 1 is 1.00 bits per heavy atom. The summed E-state index contributed by atoms with van der Waals surface area (Å²) in [6.45, 7) is 0.289. The Morgan fingerprint density at radius 3 is 2.38 bits per heavy atom. The van der Waals surface area contributed by atoms with Gasteiger partial charge in [-0.25, -0.2) is 0 Å². The van der Waals surface area contributed by atoms with E-state index in [4.69, 9.17) is 5.26 Å². The Morgan fingerprint density at radius 2 is 1.69 bits per heavy atom. The molecular weight excluding hydrogens is 386 g/mol. The van der Waals surface area contributed by atoms with Crippen LogP contribution >= 0.6 is 11.3 Å². The quantitative estimate of drug-likeness (QED) is 0.613. The van der Waals surface area contributed by atoms with Crippen LogP contribution in [0.15, 0.2) is 60.7 Å². The van der Waals surface area contributed by atoms with Crippen LogP contribution in [0.5, 0.6) is 0 Å². The first kappa shape index (κ1) is 20.2. The van der Waals surface area contributed by atoms with Crippen LogP contribution in [0.25, 0.3) is 10.6 Å². The number of hydrogen-bond acceptors (Lipinski definition) is 6. The number of aromatic nitrogens is 2. The second-order valence-corrected chi connectivity index (χ2v) is 7.09. The highest BCUT2D eigenvalue weighted by Crippen LogP contribution is 2.26. The minimum absolute atomic E-state index is 0.0228. The van der Waals surface area contributed by atoms with Gasteiger partial charge in [-0.15, -0.1) is 10.2 Å². The van der Waals surface area contributed by atoms with Crippen molar-refractivity contribution in [2.24, 2.45) is 0 Å². The molecule has 146 valence electrons. The highest BCUT2D eigenvalue weighted by Gasteiger charge is 2.17. The van der Waals surface area contributed by atoms with Crippen molar-refractivity contribution in [3.05, 3.63) is 60.7 Å². The second-order valence-electron chi connectivity index (χ2n) is 6.12. The van der Waals surface area contributed by atoms with Crippen LogP contribution in [0.3, 0.4) is 0 Å². The number of hydrogen-bond donors (Lipinski definition) is 1. The van der Waals surface area contributed by atoms with E-state index in [-0.39, 0.29) is 37.6 Å².